The summed E-state index contributed by atoms with van der Waals surface area (Å²) >= 11 is 0. The number of alkyl carbamates (subject to hydrolysis) is 1. The first-order chi connectivity index (χ1) is 11.5. The van der Waals surface area contributed by atoms with Gasteiger partial charge in [-0.05, 0) is 39.8 Å². The molecule has 0 bridgehead atoms. The highest BCUT2D eigenvalue weighted by molar-refractivity contribution is 5.85. The van der Waals surface area contributed by atoms with E-state index in [4.69, 9.17) is 9.84 Å². The third-order valence-electron chi connectivity index (χ3n) is 2.81. The lowest BCUT2D eigenvalue weighted by molar-refractivity contribution is -0.133. The third kappa shape index (κ3) is 6.76. The molecule has 1 rings (SSSR count). The maximum Gasteiger partial charge on any atom is 0.407 e. The maximum atomic E-state index is 13.9. The fourth-order valence-corrected chi connectivity index (χ4v) is 1.75. The number of nitrogens with one attached hydrogen (secondary N) is 2. The van der Waals surface area contributed by atoms with Crippen molar-refractivity contribution in [1.82, 2.24) is 15.6 Å². The molecule has 0 aliphatic heterocycles. The summed E-state index contributed by atoms with van der Waals surface area (Å²) in [5.74, 6) is -2.12. The van der Waals surface area contributed by atoms with Crippen molar-refractivity contribution in [3.63, 3.8) is 0 Å². The Morgan fingerprint density at radius 3 is 2.56 bits per heavy atom. The summed E-state index contributed by atoms with van der Waals surface area (Å²) in [6.45, 7) is 6.54. The van der Waals surface area contributed by atoms with E-state index in [1.807, 2.05) is 0 Å². The Kier molecular flexibility index (Phi) is 6.86. The first-order valence-electron chi connectivity index (χ1n) is 7.50. The number of halogens is 1. The molecule has 1 atom stereocenters. The fourth-order valence-electron chi connectivity index (χ4n) is 1.75. The van der Waals surface area contributed by atoms with Gasteiger partial charge in [0, 0.05) is 0 Å². The molecule has 9 heteroatoms. The second kappa shape index (κ2) is 8.43. The Balaban J connectivity index is 2.82. The molecule has 1 aromatic rings. The number of nitrogens with zero attached hydrogens (tertiary/aromatic N) is 1. The van der Waals surface area contributed by atoms with E-state index in [9.17, 15) is 19.1 Å². The van der Waals surface area contributed by atoms with Gasteiger partial charge in [-0.2, -0.15) is 0 Å². The molecule has 8 nitrogen and oxygen atoms in total. The first-order valence-corrected chi connectivity index (χ1v) is 7.50. The molecule has 138 valence electrons. The summed E-state index contributed by atoms with van der Waals surface area (Å²) in [4.78, 5) is 26.4. The van der Waals surface area contributed by atoms with Gasteiger partial charge in [0.15, 0.2) is 6.23 Å². The Hall–Kier alpha value is -2.68. The maximum absolute atomic E-state index is 13.9. The molecule has 0 fully saturated rings. The number of amides is 1. The van der Waals surface area contributed by atoms with Crippen LogP contribution >= 0.6 is 0 Å². The molecular formula is C16H22FN3O5. The normalized spacial score (nSPS) is 13.1. The summed E-state index contributed by atoms with van der Waals surface area (Å²) in [6.07, 6.45) is -1.11. The summed E-state index contributed by atoms with van der Waals surface area (Å²) in [6, 6.07) is 2.39. The molecule has 0 saturated heterocycles. The molecule has 0 aromatic carbocycles. The number of carboxylic acids is 1. The zero-order chi connectivity index (χ0) is 19.2. The van der Waals surface area contributed by atoms with Crippen molar-refractivity contribution in [3.05, 3.63) is 41.1 Å². The van der Waals surface area contributed by atoms with Crippen LogP contribution in [-0.4, -0.2) is 32.9 Å². The Bertz CT molecular complexity index is 670. The number of hydrogen-bond acceptors (Lipinski definition) is 6. The topological polar surface area (TPSA) is 121 Å². The van der Waals surface area contributed by atoms with Crippen LogP contribution in [0.15, 0.2) is 23.9 Å². The van der Waals surface area contributed by atoms with Crippen LogP contribution in [0.1, 0.15) is 45.3 Å². The van der Waals surface area contributed by atoms with E-state index in [1.54, 1.807) is 20.8 Å². The van der Waals surface area contributed by atoms with Crippen LogP contribution in [0.25, 0.3) is 0 Å². The molecule has 0 aliphatic rings. The third-order valence-corrected chi connectivity index (χ3v) is 2.81. The lowest BCUT2D eigenvalue weighted by Gasteiger charge is -2.20. The molecule has 0 aliphatic carbocycles. The van der Waals surface area contributed by atoms with Gasteiger partial charge in [0.25, 0.3) is 0 Å². The average molecular weight is 355 g/mol. The van der Waals surface area contributed by atoms with Crippen molar-refractivity contribution >= 4 is 12.1 Å². The molecule has 4 N–H and O–H groups in total. The number of rotatable bonds is 6. The number of carbonyl (C=O) groups is 2. The van der Waals surface area contributed by atoms with E-state index in [1.165, 1.54) is 19.1 Å². The predicted molar refractivity (Wildman–Crippen MR) is 86.8 cm³/mol. The van der Waals surface area contributed by atoms with Crippen LogP contribution in [0, 0.1) is 5.82 Å². The number of aromatic nitrogens is 1. The molecule has 1 amide bonds. The van der Waals surface area contributed by atoms with Gasteiger partial charge >= 0.3 is 12.1 Å². The summed E-state index contributed by atoms with van der Waals surface area (Å²) in [5, 5.41) is 23.6. The minimum atomic E-state index is -1.66. The Morgan fingerprint density at radius 2 is 2.04 bits per heavy atom. The number of aliphatic hydroxyl groups excluding tert-OH is 1. The number of hydrogen-bond donors (Lipinski definition) is 4. The molecule has 1 unspecified atom stereocenters. The largest absolute Gasteiger partial charge is 0.477 e. The minimum absolute atomic E-state index is 0.0513. The van der Waals surface area contributed by atoms with Gasteiger partial charge in [-0.1, -0.05) is 6.08 Å². The first kappa shape index (κ1) is 20.4. The second-order valence-electron chi connectivity index (χ2n) is 6.08. The van der Waals surface area contributed by atoms with Crippen molar-refractivity contribution < 1.29 is 28.9 Å². The fraction of sp³-hybridized carbons (Fsp3) is 0.438. The predicted octanol–water partition coefficient (Wildman–Crippen LogP) is 1.81. The van der Waals surface area contributed by atoms with Gasteiger partial charge in [0.2, 0.25) is 0 Å². The van der Waals surface area contributed by atoms with Crippen LogP contribution in [-0.2, 0) is 16.1 Å². The van der Waals surface area contributed by atoms with E-state index < -0.39 is 29.7 Å². The lowest BCUT2D eigenvalue weighted by Crippen LogP contribution is -2.32. The molecule has 0 radical (unpaired) electrons. The summed E-state index contributed by atoms with van der Waals surface area (Å²) in [5.41, 5.74) is -1.08. The van der Waals surface area contributed by atoms with Gasteiger partial charge in [0.1, 0.15) is 22.8 Å². The van der Waals surface area contributed by atoms with Crippen LogP contribution in [0.3, 0.4) is 0 Å². The van der Waals surface area contributed by atoms with E-state index in [0.717, 1.165) is 6.07 Å². The van der Waals surface area contributed by atoms with Crippen LogP contribution in [0.5, 0.6) is 0 Å². The van der Waals surface area contributed by atoms with Crippen LogP contribution in [0.2, 0.25) is 0 Å². The van der Waals surface area contributed by atoms with E-state index in [2.05, 4.69) is 15.6 Å². The van der Waals surface area contributed by atoms with E-state index in [0.29, 0.717) is 0 Å². The summed E-state index contributed by atoms with van der Waals surface area (Å²) in [7, 11) is 0. The van der Waals surface area contributed by atoms with Gasteiger partial charge in [-0.25, -0.2) is 19.0 Å². The molecule has 1 heterocycles. The number of ether oxygens (including phenoxy) is 1. The monoisotopic (exact) mass is 355 g/mol. The zero-order valence-electron chi connectivity index (χ0n) is 14.5. The van der Waals surface area contributed by atoms with Crippen molar-refractivity contribution in [2.75, 3.05) is 0 Å². The number of pyridine rings is 1. The second-order valence-corrected chi connectivity index (χ2v) is 6.08. The minimum Gasteiger partial charge on any atom is -0.477 e. The van der Waals surface area contributed by atoms with Gasteiger partial charge in [-0.3, -0.25) is 0 Å². The zero-order valence-corrected chi connectivity index (χ0v) is 14.5. The molecular weight excluding hydrogens is 333 g/mol. The van der Waals surface area contributed by atoms with Gasteiger partial charge < -0.3 is 25.6 Å². The van der Waals surface area contributed by atoms with Crippen molar-refractivity contribution in [2.45, 2.75) is 46.1 Å². The highest BCUT2D eigenvalue weighted by atomic mass is 19.1. The van der Waals surface area contributed by atoms with Crippen molar-refractivity contribution in [2.24, 2.45) is 0 Å². The standard InChI is InChI=1S/C16H22FN3O5/c1-5-11(14(22)23)20-13(21)12-10(17)7-6-9(19-12)8-18-15(24)25-16(2,3)4/h5-7,13,20-21H,8H2,1-4H3,(H,18,24)(H,22,23)/b11-5+. The van der Waals surface area contributed by atoms with Crippen LogP contribution in [0.4, 0.5) is 9.18 Å². The average Bonchev–Trinajstić information content (AvgIpc) is 2.49. The molecule has 25 heavy (non-hydrogen) atoms. The van der Waals surface area contributed by atoms with Crippen LogP contribution < -0.4 is 10.6 Å². The van der Waals surface area contributed by atoms with E-state index >= 15 is 0 Å². The highest BCUT2D eigenvalue weighted by Gasteiger charge is 2.19. The van der Waals surface area contributed by atoms with E-state index in [-0.39, 0.29) is 23.6 Å². The Labute approximate surface area is 144 Å². The smallest absolute Gasteiger partial charge is 0.407 e. The Morgan fingerprint density at radius 1 is 1.40 bits per heavy atom. The molecule has 0 spiro atoms. The quantitative estimate of drug-likeness (QED) is 0.454. The number of carbonyl (C=O) groups excluding carboxylic acids is 1. The molecule has 1 aromatic heterocycles. The van der Waals surface area contributed by atoms with Crippen molar-refractivity contribution in [3.8, 4) is 0 Å². The number of aliphatic carboxylic acids is 1. The van der Waals surface area contributed by atoms with Gasteiger partial charge in [0.05, 0.1) is 12.2 Å². The summed E-state index contributed by atoms with van der Waals surface area (Å²) < 4.78 is 18.9. The highest BCUT2D eigenvalue weighted by Crippen LogP contribution is 2.15. The molecule has 0 saturated carbocycles. The van der Waals surface area contributed by atoms with Gasteiger partial charge in [-0.15, -0.1) is 0 Å². The van der Waals surface area contributed by atoms with Crippen molar-refractivity contribution in [1.29, 1.82) is 0 Å². The lowest BCUT2D eigenvalue weighted by atomic mass is 10.2. The number of aliphatic hydroxyl groups is 1. The SMILES string of the molecule is C/C=C(/NC(O)c1nc(CNC(=O)OC(C)(C)C)ccc1F)C(=O)O. The number of allylic oxidation sites excluding steroid dienone is 1. The number of carboxylic acid groups (broad SMARTS) is 1.